The van der Waals surface area contributed by atoms with Gasteiger partial charge in [0.1, 0.15) is 0 Å². The third-order valence-corrected chi connectivity index (χ3v) is 7.99. The van der Waals surface area contributed by atoms with Gasteiger partial charge in [-0.05, 0) is 68.1 Å². The first-order chi connectivity index (χ1) is 17.9. The quantitative estimate of drug-likeness (QED) is 0.229. The SMILES string of the molecule is c1ccc2c(-c3ccnc(-c4cncs4)c3)c3ccccc3c(-c3ccnc(-c4cncs4)c3)c2c1. The zero-order valence-corrected chi connectivity index (χ0v) is 20.6. The first-order valence-electron chi connectivity index (χ1n) is 11.5. The molecule has 4 heterocycles. The molecule has 7 rings (SSSR count). The van der Waals surface area contributed by atoms with Crippen molar-refractivity contribution >= 4 is 44.2 Å². The summed E-state index contributed by atoms with van der Waals surface area (Å²) in [6.07, 6.45) is 7.54. The Morgan fingerprint density at radius 1 is 0.500 bits per heavy atom. The molecule has 0 bridgehead atoms. The molecule has 7 aromatic rings. The fourth-order valence-electron chi connectivity index (χ4n) is 4.88. The maximum Gasteiger partial charge on any atom is 0.0824 e. The Bertz CT molecular complexity index is 1650. The molecular formula is C30H18N4S2. The zero-order chi connectivity index (χ0) is 23.9. The predicted molar refractivity (Wildman–Crippen MR) is 150 cm³/mol. The van der Waals surface area contributed by atoms with Crippen LogP contribution in [0.5, 0.6) is 0 Å². The minimum Gasteiger partial charge on any atom is -0.255 e. The molecule has 0 N–H and O–H groups in total. The smallest absolute Gasteiger partial charge is 0.0824 e. The van der Waals surface area contributed by atoms with Crippen LogP contribution in [0.1, 0.15) is 0 Å². The summed E-state index contributed by atoms with van der Waals surface area (Å²) in [5.41, 5.74) is 10.3. The Morgan fingerprint density at radius 3 is 1.28 bits per heavy atom. The van der Waals surface area contributed by atoms with Gasteiger partial charge in [-0.3, -0.25) is 19.9 Å². The summed E-state index contributed by atoms with van der Waals surface area (Å²) in [5, 5.41) is 4.85. The molecule has 0 aliphatic rings. The fourth-order valence-corrected chi connectivity index (χ4v) is 6.06. The van der Waals surface area contributed by atoms with Gasteiger partial charge in [0, 0.05) is 24.8 Å². The van der Waals surface area contributed by atoms with Gasteiger partial charge in [-0.2, -0.15) is 0 Å². The number of nitrogens with zero attached hydrogens (tertiary/aromatic N) is 4. The normalized spacial score (nSPS) is 11.3. The van der Waals surface area contributed by atoms with Crippen molar-refractivity contribution in [3.63, 3.8) is 0 Å². The van der Waals surface area contributed by atoms with Gasteiger partial charge >= 0.3 is 0 Å². The van der Waals surface area contributed by atoms with Crippen LogP contribution < -0.4 is 0 Å². The molecule has 0 atom stereocenters. The fraction of sp³-hybridized carbons (Fsp3) is 0. The van der Waals surface area contributed by atoms with E-state index in [1.54, 1.807) is 22.7 Å². The molecule has 6 heteroatoms. The van der Waals surface area contributed by atoms with E-state index in [-0.39, 0.29) is 0 Å². The van der Waals surface area contributed by atoms with Crippen molar-refractivity contribution in [3.8, 4) is 43.4 Å². The summed E-state index contributed by atoms with van der Waals surface area (Å²) in [4.78, 5) is 19.9. The topological polar surface area (TPSA) is 51.6 Å². The van der Waals surface area contributed by atoms with Crippen LogP contribution in [0.3, 0.4) is 0 Å². The number of fused-ring (bicyclic) bond motifs is 2. The third kappa shape index (κ3) is 3.50. The number of benzene rings is 3. The highest BCUT2D eigenvalue weighted by Crippen LogP contribution is 2.44. The van der Waals surface area contributed by atoms with Gasteiger partial charge in [0.2, 0.25) is 0 Å². The van der Waals surface area contributed by atoms with Crippen LogP contribution in [-0.4, -0.2) is 19.9 Å². The maximum atomic E-state index is 4.63. The van der Waals surface area contributed by atoms with Crippen molar-refractivity contribution in [2.24, 2.45) is 0 Å². The average molecular weight is 499 g/mol. The van der Waals surface area contributed by atoms with Gasteiger partial charge in [-0.1, -0.05) is 48.5 Å². The molecule has 0 saturated heterocycles. The Hall–Kier alpha value is -4.26. The summed E-state index contributed by atoms with van der Waals surface area (Å²) < 4.78 is 0. The highest BCUT2D eigenvalue weighted by molar-refractivity contribution is 7.13. The van der Waals surface area contributed by atoms with Gasteiger partial charge < -0.3 is 0 Å². The number of rotatable bonds is 4. The van der Waals surface area contributed by atoms with Crippen molar-refractivity contribution in [1.82, 2.24) is 19.9 Å². The van der Waals surface area contributed by atoms with Crippen molar-refractivity contribution < 1.29 is 0 Å². The monoisotopic (exact) mass is 498 g/mol. The molecule has 36 heavy (non-hydrogen) atoms. The summed E-state index contributed by atoms with van der Waals surface area (Å²) in [6, 6.07) is 25.9. The molecule has 0 aliphatic carbocycles. The van der Waals surface area contributed by atoms with Crippen LogP contribution >= 0.6 is 22.7 Å². The lowest BCUT2D eigenvalue weighted by molar-refractivity contribution is 1.33. The molecular weight excluding hydrogens is 480 g/mol. The van der Waals surface area contributed by atoms with E-state index in [0.717, 1.165) is 32.3 Å². The minimum atomic E-state index is 0.940. The highest BCUT2D eigenvalue weighted by atomic mass is 32.1. The lowest BCUT2D eigenvalue weighted by Gasteiger charge is -2.18. The van der Waals surface area contributed by atoms with Crippen LogP contribution in [0.25, 0.3) is 64.9 Å². The number of pyridine rings is 2. The van der Waals surface area contributed by atoms with Crippen molar-refractivity contribution in [1.29, 1.82) is 0 Å². The molecule has 0 amide bonds. The summed E-state index contributed by atoms with van der Waals surface area (Å²) >= 11 is 3.21. The maximum absolute atomic E-state index is 4.63. The number of hydrogen-bond donors (Lipinski definition) is 0. The van der Waals surface area contributed by atoms with E-state index in [1.807, 2.05) is 35.8 Å². The average Bonchev–Trinajstić information content (AvgIpc) is 3.67. The van der Waals surface area contributed by atoms with E-state index >= 15 is 0 Å². The summed E-state index contributed by atoms with van der Waals surface area (Å²) in [7, 11) is 0. The Labute approximate surface area is 215 Å². The van der Waals surface area contributed by atoms with E-state index in [1.165, 1.54) is 32.7 Å². The zero-order valence-electron chi connectivity index (χ0n) is 19.0. The highest BCUT2D eigenvalue weighted by Gasteiger charge is 2.17. The second-order valence-corrected chi connectivity index (χ2v) is 10.2. The van der Waals surface area contributed by atoms with Gasteiger partial charge in [0.15, 0.2) is 0 Å². The van der Waals surface area contributed by atoms with E-state index in [2.05, 4.69) is 92.7 Å². The second kappa shape index (κ2) is 8.75. The second-order valence-electron chi connectivity index (χ2n) is 8.43. The molecule has 0 spiro atoms. The van der Waals surface area contributed by atoms with Crippen molar-refractivity contribution in [2.45, 2.75) is 0 Å². The largest absolute Gasteiger partial charge is 0.255 e. The number of hydrogen-bond acceptors (Lipinski definition) is 6. The van der Waals surface area contributed by atoms with E-state index in [4.69, 9.17) is 0 Å². The van der Waals surface area contributed by atoms with Gasteiger partial charge in [-0.25, -0.2) is 0 Å². The standard InChI is InChI=1S/C30H18N4S2/c1-2-6-22-21(5-1)29(19-9-11-33-25(13-19)27-15-31-17-35-27)23-7-3-4-8-24(23)30(22)20-10-12-34-26(14-20)28-16-32-18-36-28/h1-18H. The van der Waals surface area contributed by atoms with Gasteiger partial charge in [0.25, 0.3) is 0 Å². The molecule has 4 aromatic heterocycles. The van der Waals surface area contributed by atoms with Crippen LogP contribution in [0.2, 0.25) is 0 Å². The molecule has 0 aliphatic heterocycles. The molecule has 0 saturated carbocycles. The van der Waals surface area contributed by atoms with Crippen molar-refractivity contribution in [3.05, 3.63) is 109 Å². The number of aromatic nitrogens is 4. The molecule has 3 aromatic carbocycles. The summed E-state index contributed by atoms with van der Waals surface area (Å²) in [5.74, 6) is 0. The molecule has 0 fully saturated rings. The lowest BCUT2D eigenvalue weighted by atomic mass is 9.86. The molecule has 0 radical (unpaired) electrons. The minimum absolute atomic E-state index is 0.940. The Balaban J connectivity index is 1.54. The van der Waals surface area contributed by atoms with Crippen molar-refractivity contribution in [2.75, 3.05) is 0 Å². The van der Waals surface area contributed by atoms with E-state index in [9.17, 15) is 0 Å². The van der Waals surface area contributed by atoms with Crippen LogP contribution in [0.15, 0.2) is 109 Å². The third-order valence-electron chi connectivity index (χ3n) is 6.40. The molecule has 4 nitrogen and oxygen atoms in total. The lowest BCUT2D eigenvalue weighted by Crippen LogP contribution is -1.92. The van der Waals surface area contributed by atoms with Crippen LogP contribution in [-0.2, 0) is 0 Å². The van der Waals surface area contributed by atoms with Gasteiger partial charge in [-0.15, -0.1) is 22.7 Å². The van der Waals surface area contributed by atoms with E-state index < -0.39 is 0 Å². The van der Waals surface area contributed by atoms with Gasteiger partial charge in [0.05, 0.1) is 32.2 Å². The molecule has 0 unspecified atom stereocenters. The first kappa shape index (κ1) is 21.1. The number of thiazole rings is 2. The van der Waals surface area contributed by atoms with Crippen LogP contribution in [0.4, 0.5) is 0 Å². The summed E-state index contributed by atoms with van der Waals surface area (Å²) in [6.45, 7) is 0. The van der Waals surface area contributed by atoms with E-state index in [0.29, 0.717) is 0 Å². The first-order valence-corrected chi connectivity index (χ1v) is 13.3. The Kier molecular flexibility index (Phi) is 5.12. The predicted octanol–water partition coefficient (Wildman–Crippen LogP) is 8.36. The molecule has 170 valence electrons. The van der Waals surface area contributed by atoms with Crippen LogP contribution in [0, 0.1) is 0 Å². The Morgan fingerprint density at radius 2 is 0.917 bits per heavy atom.